The number of aromatic hydroxyl groups is 1. The van der Waals surface area contributed by atoms with Crippen molar-refractivity contribution in [3.05, 3.63) is 34.5 Å². The van der Waals surface area contributed by atoms with Crippen molar-refractivity contribution >= 4 is 28.9 Å². The summed E-state index contributed by atoms with van der Waals surface area (Å²) in [5.74, 6) is -0.982. The van der Waals surface area contributed by atoms with Gasteiger partial charge in [-0.2, -0.15) is 4.99 Å². The number of hydrogen-bond acceptors (Lipinski definition) is 5. The summed E-state index contributed by atoms with van der Waals surface area (Å²) in [6.07, 6.45) is 5.23. The van der Waals surface area contributed by atoms with Crippen LogP contribution in [0.2, 0.25) is 0 Å². The minimum Gasteiger partial charge on any atom is -0.507 e. The number of carbonyl (C=O) groups excluding carboxylic acids is 1. The van der Waals surface area contributed by atoms with Crippen LogP contribution in [0.1, 0.15) is 24.8 Å². The van der Waals surface area contributed by atoms with Gasteiger partial charge in [-0.25, -0.2) is 4.39 Å². The number of amides is 1. The normalized spacial score (nSPS) is 26.0. The number of nitrogens with zero attached hydrogens (tertiary/aromatic N) is 3. The van der Waals surface area contributed by atoms with E-state index >= 15 is 0 Å². The monoisotopic (exact) mass is 361 g/mol. The van der Waals surface area contributed by atoms with Gasteiger partial charge in [0.1, 0.15) is 11.6 Å². The van der Waals surface area contributed by atoms with Gasteiger partial charge in [-0.05, 0) is 62.3 Å². The zero-order chi connectivity index (χ0) is 17.4. The maximum Gasteiger partial charge on any atom is 0.286 e. The van der Waals surface area contributed by atoms with E-state index in [4.69, 9.17) is 0 Å². The Morgan fingerprint density at radius 1 is 1.28 bits per heavy atom. The third-order valence-corrected chi connectivity index (χ3v) is 6.02. The van der Waals surface area contributed by atoms with E-state index in [9.17, 15) is 14.3 Å². The van der Waals surface area contributed by atoms with Gasteiger partial charge in [-0.3, -0.25) is 9.69 Å². The largest absolute Gasteiger partial charge is 0.507 e. The molecule has 5 nitrogen and oxygen atoms in total. The van der Waals surface area contributed by atoms with Crippen LogP contribution in [-0.2, 0) is 4.79 Å². The summed E-state index contributed by atoms with van der Waals surface area (Å²) in [5, 5.41) is 10.5. The molecule has 1 amide bonds. The molecule has 0 radical (unpaired) electrons. The number of aliphatic imine (C=N–C) groups is 1. The molecule has 1 aromatic rings. The Kier molecular flexibility index (Phi) is 4.52. The molecule has 1 aromatic carbocycles. The predicted octanol–water partition coefficient (Wildman–Crippen LogP) is 2.67. The number of phenols is 1. The highest BCUT2D eigenvalue weighted by Crippen LogP contribution is 2.34. The van der Waals surface area contributed by atoms with Crippen molar-refractivity contribution in [2.24, 2.45) is 4.99 Å². The smallest absolute Gasteiger partial charge is 0.286 e. The van der Waals surface area contributed by atoms with Crippen LogP contribution < -0.4 is 0 Å². The molecule has 25 heavy (non-hydrogen) atoms. The first-order valence-electron chi connectivity index (χ1n) is 8.60. The van der Waals surface area contributed by atoms with Crippen LogP contribution in [-0.4, -0.2) is 58.2 Å². The molecule has 1 N–H and O–H groups in total. The van der Waals surface area contributed by atoms with Gasteiger partial charge in [0, 0.05) is 30.8 Å². The fourth-order valence-corrected chi connectivity index (χ4v) is 4.57. The van der Waals surface area contributed by atoms with Gasteiger partial charge in [-0.15, -0.1) is 0 Å². The fraction of sp³-hybridized carbons (Fsp3) is 0.444. The Morgan fingerprint density at radius 2 is 2.08 bits per heavy atom. The molecular weight excluding hydrogens is 341 g/mol. The highest BCUT2D eigenvalue weighted by Gasteiger charge is 2.34. The summed E-state index contributed by atoms with van der Waals surface area (Å²) in [5.41, 5.74) is 0.421. The second-order valence-corrected chi connectivity index (χ2v) is 7.65. The Balaban J connectivity index is 1.45. The Morgan fingerprint density at radius 3 is 2.84 bits per heavy atom. The van der Waals surface area contributed by atoms with Crippen molar-refractivity contribution in [2.75, 3.05) is 26.2 Å². The second-order valence-electron chi connectivity index (χ2n) is 6.64. The van der Waals surface area contributed by atoms with Gasteiger partial charge in [0.25, 0.3) is 5.91 Å². The van der Waals surface area contributed by atoms with Gasteiger partial charge >= 0.3 is 0 Å². The Labute approximate surface area is 150 Å². The van der Waals surface area contributed by atoms with Crippen molar-refractivity contribution in [3.8, 4) is 5.75 Å². The number of thioether (sulfide) groups is 1. The van der Waals surface area contributed by atoms with E-state index in [2.05, 4.69) is 14.8 Å². The minimum atomic E-state index is -0.507. The highest BCUT2D eigenvalue weighted by molar-refractivity contribution is 8.18. The predicted molar refractivity (Wildman–Crippen MR) is 96.9 cm³/mol. The zero-order valence-corrected chi connectivity index (χ0v) is 14.6. The van der Waals surface area contributed by atoms with Crippen LogP contribution in [0.25, 0.3) is 6.08 Å². The third kappa shape index (κ3) is 3.43. The van der Waals surface area contributed by atoms with Crippen LogP contribution in [0.5, 0.6) is 5.75 Å². The molecule has 132 valence electrons. The fourth-order valence-electron chi connectivity index (χ4n) is 3.63. The summed E-state index contributed by atoms with van der Waals surface area (Å²) in [4.78, 5) is 21.5. The molecule has 3 aliphatic heterocycles. The van der Waals surface area contributed by atoms with Gasteiger partial charge in [-0.1, -0.05) is 0 Å². The first kappa shape index (κ1) is 16.6. The lowest BCUT2D eigenvalue weighted by Crippen LogP contribution is -2.36. The minimum absolute atomic E-state index is 0.176. The topological polar surface area (TPSA) is 56.1 Å². The summed E-state index contributed by atoms with van der Waals surface area (Å²) >= 11 is 1.33. The molecular formula is C18H20FN3O2S. The number of likely N-dealkylation sites (tertiary alicyclic amines) is 2. The standard InChI is InChI=1S/C18H20FN3O2S/c19-13-4-3-12(15(23)10-13)9-16-17(24)20-18(25-16)22-8-5-14(11-22)21-6-1-2-7-21/h3-4,9-10,14,23H,1-2,5-8,11H2/b16-9-. The molecule has 3 heterocycles. The van der Waals surface area contributed by atoms with Crippen molar-refractivity contribution < 1.29 is 14.3 Å². The van der Waals surface area contributed by atoms with Crippen molar-refractivity contribution in [1.82, 2.24) is 9.80 Å². The van der Waals surface area contributed by atoms with E-state index < -0.39 is 5.82 Å². The molecule has 2 saturated heterocycles. The SMILES string of the molecule is O=C1N=C(N2CCC(N3CCCC3)C2)S/C1=C\c1ccc(F)cc1O. The second kappa shape index (κ2) is 6.80. The first-order valence-corrected chi connectivity index (χ1v) is 9.42. The summed E-state index contributed by atoms with van der Waals surface area (Å²) in [7, 11) is 0. The van der Waals surface area contributed by atoms with Gasteiger partial charge < -0.3 is 10.0 Å². The number of carbonyl (C=O) groups is 1. The van der Waals surface area contributed by atoms with Gasteiger partial charge in [0.05, 0.1) is 4.91 Å². The quantitative estimate of drug-likeness (QED) is 0.821. The van der Waals surface area contributed by atoms with Crippen molar-refractivity contribution in [2.45, 2.75) is 25.3 Å². The number of rotatable bonds is 2. The van der Waals surface area contributed by atoms with Crippen molar-refractivity contribution in [1.29, 1.82) is 0 Å². The number of amidine groups is 1. The Hall–Kier alpha value is -1.86. The van der Waals surface area contributed by atoms with Crippen LogP contribution in [0, 0.1) is 5.82 Å². The van der Waals surface area contributed by atoms with E-state index in [0.717, 1.165) is 30.7 Å². The molecule has 7 heteroatoms. The molecule has 0 saturated carbocycles. The molecule has 0 bridgehead atoms. The van der Waals surface area contributed by atoms with Crippen LogP contribution in [0.15, 0.2) is 28.1 Å². The number of phenolic OH excluding ortho intramolecular Hbond substituents is 1. The van der Waals surface area contributed by atoms with E-state index in [1.165, 1.54) is 49.8 Å². The maximum absolute atomic E-state index is 13.1. The lowest BCUT2D eigenvalue weighted by atomic mass is 10.2. The van der Waals surface area contributed by atoms with E-state index in [0.29, 0.717) is 16.5 Å². The molecule has 1 atom stereocenters. The molecule has 2 fully saturated rings. The van der Waals surface area contributed by atoms with E-state index in [1.54, 1.807) is 6.08 Å². The number of hydrogen-bond donors (Lipinski definition) is 1. The Bertz CT molecular complexity index is 759. The highest BCUT2D eigenvalue weighted by atomic mass is 32.2. The number of halogens is 1. The van der Waals surface area contributed by atoms with Crippen LogP contribution in [0.3, 0.4) is 0 Å². The first-order chi connectivity index (χ1) is 12.1. The lowest BCUT2D eigenvalue weighted by molar-refractivity contribution is -0.113. The average molecular weight is 361 g/mol. The summed E-state index contributed by atoms with van der Waals surface area (Å²) in [6, 6.07) is 4.32. The molecule has 1 unspecified atom stereocenters. The van der Waals surface area contributed by atoms with Gasteiger partial charge in [0.15, 0.2) is 5.17 Å². The van der Waals surface area contributed by atoms with E-state index in [1.807, 2.05) is 0 Å². The summed E-state index contributed by atoms with van der Waals surface area (Å²) < 4.78 is 13.1. The lowest BCUT2D eigenvalue weighted by Gasteiger charge is -2.23. The maximum atomic E-state index is 13.1. The third-order valence-electron chi connectivity index (χ3n) is 4.98. The van der Waals surface area contributed by atoms with E-state index in [-0.39, 0.29) is 11.7 Å². The molecule has 4 rings (SSSR count). The summed E-state index contributed by atoms with van der Waals surface area (Å²) in [6.45, 7) is 4.17. The van der Waals surface area contributed by atoms with Crippen LogP contribution >= 0.6 is 11.8 Å². The molecule has 0 spiro atoms. The average Bonchev–Trinajstić information content (AvgIpc) is 3.31. The molecule has 0 aromatic heterocycles. The zero-order valence-electron chi connectivity index (χ0n) is 13.8. The number of benzene rings is 1. The molecule has 3 aliphatic rings. The van der Waals surface area contributed by atoms with Crippen LogP contribution in [0.4, 0.5) is 4.39 Å². The van der Waals surface area contributed by atoms with Gasteiger partial charge in [0.2, 0.25) is 0 Å². The van der Waals surface area contributed by atoms with Crippen molar-refractivity contribution in [3.63, 3.8) is 0 Å². The molecule has 0 aliphatic carbocycles.